The molecule has 1 N–H and O–H groups in total. The molecule has 3 aliphatic rings. The van der Waals surface area contributed by atoms with Gasteiger partial charge in [0.1, 0.15) is 11.4 Å². The van der Waals surface area contributed by atoms with Crippen molar-refractivity contribution in [3.05, 3.63) is 53.6 Å². The average molecular weight is 520 g/mol. The summed E-state index contributed by atoms with van der Waals surface area (Å²) in [5.41, 5.74) is 3.94. The Bertz CT molecular complexity index is 1160. The number of rotatable bonds is 3. The fourth-order valence-electron chi connectivity index (χ4n) is 5.62. The summed E-state index contributed by atoms with van der Waals surface area (Å²) in [6.07, 6.45) is 3.33. The van der Waals surface area contributed by atoms with Crippen LogP contribution in [0.1, 0.15) is 62.9 Å². The Morgan fingerprint density at radius 2 is 1.71 bits per heavy atom. The molecule has 0 aliphatic carbocycles. The number of piperazine rings is 1. The van der Waals surface area contributed by atoms with Gasteiger partial charge < -0.3 is 24.6 Å². The van der Waals surface area contributed by atoms with Gasteiger partial charge in [-0.3, -0.25) is 4.79 Å². The number of nitrogens with one attached hydrogen (secondary N) is 1. The molecule has 2 aromatic carbocycles. The van der Waals surface area contributed by atoms with Crippen LogP contribution >= 0.6 is 0 Å². The van der Waals surface area contributed by atoms with Crippen LogP contribution in [-0.2, 0) is 11.2 Å². The van der Waals surface area contributed by atoms with E-state index < -0.39 is 0 Å². The Balaban J connectivity index is 1.20. The summed E-state index contributed by atoms with van der Waals surface area (Å²) in [4.78, 5) is 29.1. The van der Waals surface area contributed by atoms with Crippen molar-refractivity contribution in [1.82, 2.24) is 15.1 Å². The summed E-state index contributed by atoms with van der Waals surface area (Å²) in [6.45, 7) is 12.4. The molecule has 2 aromatic rings. The molecule has 7 heteroatoms. The van der Waals surface area contributed by atoms with E-state index in [1.54, 1.807) is 0 Å². The van der Waals surface area contributed by atoms with Gasteiger partial charge in [-0.15, -0.1) is 0 Å². The molecule has 38 heavy (non-hydrogen) atoms. The molecule has 204 valence electrons. The van der Waals surface area contributed by atoms with Crippen LogP contribution in [0.5, 0.6) is 5.75 Å². The molecule has 7 nitrogen and oxygen atoms in total. The minimum absolute atomic E-state index is 0.0367. The highest BCUT2D eigenvalue weighted by molar-refractivity contribution is 5.94. The SMILES string of the molecule is C[C@@H]1CN(C(=O)c2ccc(-c3ccc4c(c3)CCC3(CCN(C(=O)OCC(C)(C)C)CC3)O4)cc2)CCN1. The first-order chi connectivity index (χ1) is 18.1. The summed E-state index contributed by atoms with van der Waals surface area (Å²) < 4.78 is 12.1. The van der Waals surface area contributed by atoms with Gasteiger partial charge in [-0.05, 0) is 66.1 Å². The normalized spacial score (nSPS) is 21.0. The smallest absolute Gasteiger partial charge is 0.409 e. The van der Waals surface area contributed by atoms with Crippen molar-refractivity contribution in [1.29, 1.82) is 0 Å². The van der Waals surface area contributed by atoms with Gasteiger partial charge in [0.15, 0.2) is 0 Å². The quantitative estimate of drug-likeness (QED) is 0.609. The van der Waals surface area contributed by atoms with E-state index in [9.17, 15) is 9.59 Å². The van der Waals surface area contributed by atoms with Crippen LogP contribution in [-0.4, -0.2) is 72.8 Å². The van der Waals surface area contributed by atoms with Crippen LogP contribution in [0.4, 0.5) is 4.79 Å². The third kappa shape index (κ3) is 5.98. The molecule has 2 fully saturated rings. The standard InChI is InChI=1S/C31H41N3O4/c1-22-20-34(18-15-32-22)28(35)24-7-5-23(6-8-24)25-9-10-27-26(19-25)11-12-31(38-27)13-16-33(17-14-31)29(36)37-21-30(2,3)4/h5-10,19,22,32H,11-18,20-21H2,1-4H3/t22-/m1/s1. The molecule has 0 bridgehead atoms. The zero-order valence-corrected chi connectivity index (χ0v) is 23.2. The van der Waals surface area contributed by atoms with Gasteiger partial charge in [-0.2, -0.15) is 0 Å². The number of hydrogen-bond donors (Lipinski definition) is 1. The van der Waals surface area contributed by atoms with Gasteiger partial charge in [0, 0.05) is 57.2 Å². The average Bonchev–Trinajstić information content (AvgIpc) is 2.91. The van der Waals surface area contributed by atoms with Gasteiger partial charge in [0.25, 0.3) is 5.91 Å². The highest BCUT2D eigenvalue weighted by Gasteiger charge is 2.41. The molecule has 3 aliphatic heterocycles. The Morgan fingerprint density at radius 1 is 1.00 bits per heavy atom. The first-order valence-corrected chi connectivity index (χ1v) is 14.0. The van der Waals surface area contributed by atoms with Gasteiger partial charge in [-0.25, -0.2) is 4.79 Å². The number of amides is 2. The predicted octanol–water partition coefficient (Wildman–Crippen LogP) is 5.13. The van der Waals surface area contributed by atoms with Crippen molar-refractivity contribution in [3.8, 4) is 16.9 Å². The van der Waals surface area contributed by atoms with Crippen molar-refractivity contribution in [2.45, 2.75) is 65.0 Å². The van der Waals surface area contributed by atoms with Crippen LogP contribution in [0.15, 0.2) is 42.5 Å². The first kappa shape index (κ1) is 26.5. The molecular formula is C31H41N3O4. The van der Waals surface area contributed by atoms with Crippen LogP contribution in [0.2, 0.25) is 0 Å². The van der Waals surface area contributed by atoms with Crippen molar-refractivity contribution in [3.63, 3.8) is 0 Å². The van der Waals surface area contributed by atoms with E-state index in [-0.39, 0.29) is 23.0 Å². The maximum atomic E-state index is 12.9. The monoisotopic (exact) mass is 519 g/mol. The van der Waals surface area contributed by atoms with Crippen molar-refractivity contribution in [2.24, 2.45) is 5.41 Å². The number of ether oxygens (including phenoxy) is 2. The van der Waals surface area contributed by atoms with Gasteiger partial charge in [0.2, 0.25) is 0 Å². The summed E-state index contributed by atoms with van der Waals surface area (Å²) in [5.74, 6) is 1.05. The number of likely N-dealkylation sites (tertiary alicyclic amines) is 1. The van der Waals surface area contributed by atoms with E-state index in [2.05, 4.69) is 51.2 Å². The third-order valence-electron chi connectivity index (χ3n) is 7.92. The second kappa shape index (κ2) is 10.6. The Morgan fingerprint density at radius 3 is 2.39 bits per heavy atom. The number of hydrogen-bond acceptors (Lipinski definition) is 5. The third-order valence-corrected chi connectivity index (χ3v) is 7.92. The molecule has 0 radical (unpaired) electrons. The lowest BCUT2D eigenvalue weighted by Gasteiger charge is -2.44. The topological polar surface area (TPSA) is 71.1 Å². The van der Waals surface area contributed by atoms with E-state index >= 15 is 0 Å². The van der Waals surface area contributed by atoms with E-state index in [0.29, 0.717) is 25.7 Å². The number of carbonyl (C=O) groups excluding carboxylic acids is 2. The van der Waals surface area contributed by atoms with E-state index in [0.717, 1.165) is 67.8 Å². The predicted molar refractivity (Wildman–Crippen MR) is 149 cm³/mol. The molecule has 1 atom stereocenters. The first-order valence-electron chi connectivity index (χ1n) is 14.0. The van der Waals surface area contributed by atoms with Gasteiger partial charge in [-0.1, -0.05) is 39.0 Å². The summed E-state index contributed by atoms with van der Waals surface area (Å²) >= 11 is 0. The van der Waals surface area contributed by atoms with Crippen LogP contribution in [0.25, 0.3) is 11.1 Å². The lowest BCUT2D eigenvalue weighted by molar-refractivity contribution is -0.0171. The molecule has 0 saturated carbocycles. The van der Waals surface area contributed by atoms with Crippen molar-refractivity contribution >= 4 is 12.0 Å². The molecule has 0 aromatic heterocycles. The Hall–Kier alpha value is -3.06. The van der Waals surface area contributed by atoms with Gasteiger partial charge >= 0.3 is 6.09 Å². The summed E-state index contributed by atoms with van der Waals surface area (Å²) in [5, 5.41) is 3.38. The summed E-state index contributed by atoms with van der Waals surface area (Å²) in [7, 11) is 0. The van der Waals surface area contributed by atoms with Crippen LogP contribution in [0, 0.1) is 5.41 Å². The number of fused-ring (bicyclic) bond motifs is 1. The second-order valence-electron chi connectivity index (χ2n) is 12.4. The summed E-state index contributed by atoms with van der Waals surface area (Å²) in [6, 6.07) is 14.7. The Kier molecular flexibility index (Phi) is 7.40. The van der Waals surface area contributed by atoms with Gasteiger partial charge in [0.05, 0.1) is 6.61 Å². The molecule has 2 saturated heterocycles. The maximum absolute atomic E-state index is 12.9. The zero-order chi connectivity index (χ0) is 26.9. The highest BCUT2D eigenvalue weighted by atomic mass is 16.6. The van der Waals surface area contributed by atoms with Crippen LogP contribution in [0.3, 0.4) is 0 Å². The number of aryl methyl sites for hydroxylation is 1. The van der Waals surface area contributed by atoms with Crippen LogP contribution < -0.4 is 10.1 Å². The number of carbonyl (C=O) groups is 2. The molecular weight excluding hydrogens is 478 g/mol. The molecule has 3 heterocycles. The van der Waals surface area contributed by atoms with E-state index in [1.165, 1.54) is 5.56 Å². The lowest BCUT2D eigenvalue weighted by atomic mass is 9.82. The number of piperidine rings is 1. The fraction of sp³-hybridized carbons (Fsp3) is 0.548. The minimum Gasteiger partial charge on any atom is -0.487 e. The maximum Gasteiger partial charge on any atom is 0.409 e. The Labute approximate surface area is 226 Å². The van der Waals surface area contributed by atoms with E-state index in [1.807, 2.05) is 34.1 Å². The number of benzene rings is 2. The fourth-order valence-corrected chi connectivity index (χ4v) is 5.62. The molecule has 2 amide bonds. The van der Waals surface area contributed by atoms with Crippen molar-refractivity contribution in [2.75, 3.05) is 39.3 Å². The van der Waals surface area contributed by atoms with Crippen molar-refractivity contribution < 1.29 is 19.1 Å². The molecule has 5 rings (SSSR count). The largest absolute Gasteiger partial charge is 0.487 e. The highest BCUT2D eigenvalue weighted by Crippen LogP contribution is 2.41. The second-order valence-corrected chi connectivity index (χ2v) is 12.4. The lowest BCUT2D eigenvalue weighted by Crippen LogP contribution is -2.51. The minimum atomic E-state index is -0.217. The zero-order valence-electron chi connectivity index (χ0n) is 23.2. The molecule has 0 unspecified atom stereocenters. The molecule has 1 spiro atoms. The van der Waals surface area contributed by atoms with E-state index in [4.69, 9.17) is 9.47 Å². The number of nitrogens with zero attached hydrogens (tertiary/aromatic N) is 2.